The standard InChI is InChI=1S/C50H60N6S6Si/c1-5-9-13-17-21-33-23-25-37(57-33)45-47-43(53-61-55-47)35(31-51-45)39-29-41-49(59-39)50-42(63(41,27-19-15-11-7-3)28-20-16-12-8-4)30-40(60-50)36-32-52-46(48-44(36)54-62-56-48)38-26-24-34(58-38)22-18-14-10-6-2/h23-26,29-32H,5-22,27-28H2,1-4H3. The minimum atomic E-state index is -2.14. The molecule has 0 atom stereocenters. The number of hydrogen-bond donors (Lipinski definition) is 0. The number of hydrogen-bond acceptors (Lipinski definition) is 12. The quantitative estimate of drug-likeness (QED) is 0.0443. The fourth-order valence-corrected chi connectivity index (χ4v) is 22.3. The molecule has 9 heterocycles. The number of rotatable bonds is 24. The zero-order chi connectivity index (χ0) is 43.2. The molecule has 0 N–H and O–H groups in total. The summed E-state index contributed by atoms with van der Waals surface area (Å²) in [6.45, 7) is 9.22. The topological polar surface area (TPSA) is 77.3 Å². The molecule has 8 aromatic rings. The summed E-state index contributed by atoms with van der Waals surface area (Å²) >= 11 is 10.3. The van der Waals surface area contributed by atoms with Gasteiger partial charge in [-0.25, -0.2) is 0 Å². The van der Waals surface area contributed by atoms with Crippen molar-refractivity contribution < 1.29 is 0 Å². The Morgan fingerprint density at radius 2 is 0.841 bits per heavy atom. The van der Waals surface area contributed by atoms with Crippen LogP contribution in [0.25, 0.3) is 73.8 Å². The van der Waals surface area contributed by atoms with Crippen molar-refractivity contribution in [3.8, 4) is 51.8 Å². The van der Waals surface area contributed by atoms with E-state index < -0.39 is 8.07 Å². The van der Waals surface area contributed by atoms with Gasteiger partial charge in [-0.2, -0.15) is 17.5 Å². The van der Waals surface area contributed by atoms with Gasteiger partial charge in [-0.3, -0.25) is 9.97 Å². The van der Waals surface area contributed by atoms with Crippen LogP contribution in [-0.4, -0.2) is 35.5 Å². The van der Waals surface area contributed by atoms with Crippen LogP contribution in [0.15, 0.2) is 48.8 Å². The lowest BCUT2D eigenvalue weighted by Crippen LogP contribution is -2.54. The Morgan fingerprint density at radius 3 is 1.27 bits per heavy atom. The second-order valence-corrected chi connectivity index (χ2v) is 27.3. The Balaban J connectivity index is 1.09. The van der Waals surface area contributed by atoms with E-state index in [9.17, 15) is 0 Å². The van der Waals surface area contributed by atoms with Gasteiger partial charge in [-0.05, 0) is 84.5 Å². The normalized spacial score (nSPS) is 13.2. The Kier molecular flexibility index (Phi) is 15.1. The maximum atomic E-state index is 5.19. The number of nitrogens with zero attached hydrogens (tertiary/aromatic N) is 6. The van der Waals surface area contributed by atoms with Crippen molar-refractivity contribution in [2.24, 2.45) is 0 Å². The average molecular weight is 966 g/mol. The van der Waals surface area contributed by atoms with E-state index in [1.54, 1.807) is 10.4 Å². The third-order valence-corrected chi connectivity index (χ3v) is 24.6. The SMILES string of the molecule is CCCCCCc1ccc(-c2ncc(-c3cc4c(s3)-c3sc(-c5cnc(-c6ccc(CCCCCC)s6)c6nsnc56)cc3[Si]4(CCCCCC)CCCCCC)c3nsnc23)s1. The molecular weight excluding hydrogens is 905 g/mol. The van der Waals surface area contributed by atoms with Gasteiger partial charge >= 0.3 is 0 Å². The fourth-order valence-electron chi connectivity index (χ4n) is 9.61. The van der Waals surface area contributed by atoms with Crippen molar-refractivity contribution in [2.75, 3.05) is 0 Å². The first-order valence-corrected chi connectivity index (χ1v) is 30.9. The number of thiophene rings is 4. The third-order valence-electron chi connectivity index (χ3n) is 13.1. The molecular formula is C50H60N6S6Si. The highest BCUT2D eigenvalue weighted by Crippen LogP contribution is 2.49. The first-order chi connectivity index (χ1) is 31.1. The molecule has 6 nitrogen and oxygen atoms in total. The second kappa shape index (κ2) is 21.1. The second-order valence-electron chi connectivity index (χ2n) is 17.5. The van der Waals surface area contributed by atoms with Gasteiger partial charge in [-0.1, -0.05) is 118 Å². The molecule has 0 bridgehead atoms. The summed E-state index contributed by atoms with van der Waals surface area (Å²) in [5.41, 5.74) is 8.07. The molecule has 1 aliphatic rings. The van der Waals surface area contributed by atoms with Crippen molar-refractivity contribution in [1.29, 1.82) is 0 Å². The third kappa shape index (κ3) is 9.36. The van der Waals surface area contributed by atoms with Gasteiger partial charge in [-0.15, -0.1) is 45.3 Å². The summed E-state index contributed by atoms with van der Waals surface area (Å²) < 4.78 is 19.7. The Labute approximate surface area is 399 Å². The molecule has 0 radical (unpaired) electrons. The summed E-state index contributed by atoms with van der Waals surface area (Å²) in [5.74, 6) is 0. The molecule has 0 saturated carbocycles. The monoisotopic (exact) mass is 964 g/mol. The van der Waals surface area contributed by atoms with Crippen LogP contribution in [-0.2, 0) is 12.8 Å². The van der Waals surface area contributed by atoms with Crippen molar-refractivity contribution in [1.82, 2.24) is 27.5 Å². The molecule has 8 aromatic heterocycles. The molecule has 9 rings (SSSR count). The molecule has 0 unspecified atom stereocenters. The van der Waals surface area contributed by atoms with Crippen LogP contribution in [0.3, 0.4) is 0 Å². The van der Waals surface area contributed by atoms with E-state index in [-0.39, 0.29) is 0 Å². The van der Waals surface area contributed by atoms with Gasteiger partial charge < -0.3 is 0 Å². The smallest absolute Gasteiger partial charge is 0.132 e. The van der Waals surface area contributed by atoms with E-state index in [4.69, 9.17) is 27.5 Å². The summed E-state index contributed by atoms with van der Waals surface area (Å²) in [6.07, 6.45) is 27.0. The molecule has 330 valence electrons. The first-order valence-electron chi connectivity index (χ1n) is 23.8. The molecule has 1 aliphatic heterocycles. The maximum Gasteiger partial charge on any atom is 0.132 e. The summed E-state index contributed by atoms with van der Waals surface area (Å²) in [4.78, 5) is 21.2. The lowest BCUT2D eigenvalue weighted by Gasteiger charge is -2.29. The highest BCUT2D eigenvalue weighted by Gasteiger charge is 2.47. The van der Waals surface area contributed by atoms with Crippen molar-refractivity contribution in [2.45, 2.75) is 155 Å². The predicted molar refractivity (Wildman–Crippen MR) is 281 cm³/mol. The molecule has 0 fully saturated rings. The van der Waals surface area contributed by atoms with E-state index in [2.05, 4.69) is 76.5 Å². The van der Waals surface area contributed by atoms with Crippen LogP contribution in [0.1, 0.15) is 140 Å². The fraction of sp³-hybridized carbons (Fsp3) is 0.480. The number of aromatic nitrogens is 6. The van der Waals surface area contributed by atoms with Crippen molar-refractivity contribution in [3.63, 3.8) is 0 Å². The van der Waals surface area contributed by atoms with Gasteiger partial charge in [0.05, 0.1) is 33.2 Å². The van der Waals surface area contributed by atoms with Crippen LogP contribution >= 0.6 is 68.8 Å². The number of pyridine rings is 2. The van der Waals surface area contributed by atoms with E-state index in [1.165, 1.54) is 177 Å². The molecule has 0 saturated heterocycles. The van der Waals surface area contributed by atoms with Gasteiger partial charge in [0.2, 0.25) is 0 Å². The number of fused-ring (bicyclic) bond motifs is 5. The Hall–Kier alpha value is -3.04. The van der Waals surface area contributed by atoms with Crippen LogP contribution in [0.4, 0.5) is 0 Å². The van der Waals surface area contributed by atoms with E-state index in [0.717, 1.165) is 57.4 Å². The average Bonchev–Trinajstić information content (AvgIpc) is 4.17. The Bertz CT molecular complexity index is 2560. The minimum absolute atomic E-state index is 0.940. The van der Waals surface area contributed by atoms with Crippen LogP contribution in [0, 0.1) is 0 Å². The molecule has 0 amide bonds. The zero-order valence-electron chi connectivity index (χ0n) is 37.4. The molecule has 0 spiro atoms. The summed E-state index contributed by atoms with van der Waals surface area (Å²) in [7, 11) is -2.14. The van der Waals surface area contributed by atoms with Gasteiger partial charge in [0.15, 0.2) is 0 Å². The summed E-state index contributed by atoms with van der Waals surface area (Å²) in [6, 6.07) is 16.9. The highest BCUT2D eigenvalue weighted by molar-refractivity contribution is 7.31. The van der Waals surface area contributed by atoms with Gasteiger partial charge in [0.1, 0.15) is 41.5 Å². The van der Waals surface area contributed by atoms with Crippen LogP contribution in [0.5, 0.6) is 0 Å². The van der Waals surface area contributed by atoms with Gasteiger partial charge in [0.25, 0.3) is 0 Å². The molecule has 0 aliphatic carbocycles. The minimum Gasteiger partial charge on any atom is -0.252 e. The molecule has 0 aromatic carbocycles. The summed E-state index contributed by atoms with van der Waals surface area (Å²) in [5, 5.41) is 3.32. The van der Waals surface area contributed by atoms with E-state index >= 15 is 0 Å². The number of unbranched alkanes of at least 4 members (excludes halogenated alkanes) is 12. The van der Waals surface area contributed by atoms with Crippen molar-refractivity contribution >= 4 is 109 Å². The molecule has 13 heteroatoms. The van der Waals surface area contributed by atoms with Gasteiger partial charge in [0, 0.05) is 52.8 Å². The lowest BCUT2D eigenvalue weighted by atomic mass is 10.1. The first kappa shape index (κ1) is 45.1. The van der Waals surface area contributed by atoms with Crippen molar-refractivity contribution in [3.05, 3.63) is 58.5 Å². The van der Waals surface area contributed by atoms with E-state index in [1.807, 2.05) is 45.3 Å². The van der Waals surface area contributed by atoms with Crippen LogP contribution < -0.4 is 10.4 Å². The Morgan fingerprint density at radius 1 is 0.429 bits per heavy atom. The lowest BCUT2D eigenvalue weighted by molar-refractivity contribution is 0.670. The largest absolute Gasteiger partial charge is 0.252 e. The highest BCUT2D eigenvalue weighted by atomic mass is 32.1. The van der Waals surface area contributed by atoms with Crippen LogP contribution in [0.2, 0.25) is 12.1 Å². The van der Waals surface area contributed by atoms with E-state index in [0.29, 0.717) is 0 Å². The molecule has 63 heavy (non-hydrogen) atoms. The zero-order valence-corrected chi connectivity index (χ0v) is 43.3. The maximum absolute atomic E-state index is 5.19. The number of aryl methyl sites for hydroxylation is 2. The predicted octanol–water partition coefficient (Wildman–Crippen LogP) is 16.3.